The number of carbonyl (C=O) groups excluding carboxylic acids is 3. The zero-order chi connectivity index (χ0) is 64.0. The van der Waals surface area contributed by atoms with Crippen molar-refractivity contribution in [2.24, 2.45) is 5.92 Å². The maximum atomic E-state index is 15.9. The van der Waals surface area contributed by atoms with Crippen LogP contribution in [0.3, 0.4) is 0 Å². The summed E-state index contributed by atoms with van der Waals surface area (Å²) in [5.74, 6) is -21.0. The fourth-order valence-corrected chi connectivity index (χ4v) is 11.0. The predicted molar refractivity (Wildman–Crippen MR) is 280 cm³/mol. The Hall–Kier alpha value is -7.68. The van der Waals surface area contributed by atoms with E-state index in [0.717, 1.165) is 50.4 Å². The van der Waals surface area contributed by atoms with Gasteiger partial charge in [-0.2, -0.15) is 49.6 Å². The topological polar surface area (TPSA) is 298 Å². The number of aromatic nitrogens is 5. The number of hydrogen-bond acceptors (Lipinski definition) is 13. The van der Waals surface area contributed by atoms with Gasteiger partial charge in [0.1, 0.15) is 36.5 Å². The molecule has 0 aliphatic heterocycles. The molecular weight excluding hydrogens is 1220 g/mol. The molecule has 3 aromatic heterocycles. The number of carboxylic acid groups (broad SMARTS) is 3. The Bertz CT molecular complexity index is 3760. The molecule has 0 unspecified atom stereocenters. The summed E-state index contributed by atoms with van der Waals surface area (Å²) in [6, 6.07) is 2.15. The molecule has 3 amide bonds. The Kier molecular flexibility index (Phi) is 19.0. The first-order valence-electron chi connectivity index (χ1n) is 24.9. The lowest BCUT2D eigenvalue weighted by atomic mass is 9.93. The van der Waals surface area contributed by atoms with Gasteiger partial charge in [0.25, 0.3) is 11.8 Å². The molecule has 462 valence electrons. The van der Waals surface area contributed by atoms with Gasteiger partial charge >= 0.3 is 30.3 Å². The summed E-state index contributed by atoms with van der Waals surface area (Å²) in [4.78, 5) is 81.7. The van der Waals surface area contributed by atoms with E-state index in [1.807, 2.05) is 0 Å². The smallest absolute Gasteiger partial charge is 0.435 e. The van der Waals surface area contributed by atoms with Crippen LogP contribution in [-0.4, -0.2) is 133 Å². The monoisotopic (exact) mass is 1270 g/mol. The molecule has 3 heterocycles. The van der Waals surface area contributed by atoms with Crippen molar-refractivity contribution in [3.8, 4) is 11.1 Å². The number of rotatable bonds is 23. The van der Waals surface area contributed by atoms with E-state index < -0.39 is 208 Å². The van der Waals surface area contributed by atoms with Gasteiger partial charge in [-0.25, -0.2) is 30.4 Å². The minimum absolute atomic E-state index is 0.0495. The highest BCUT2D eigenvalue weighted by Gasteiger charge is 2.57. The molecule has 85 heavy (non-hydrogen) atoms. The minimum atomic E-state index is -5.32. The zero-order valence-corrected chi connectivity index (χ0v) is 47.6. The second-order valence-corrected chi connectivity index (χ2v) is 25.5. The van der Waals surface area contributed by atoms with Crippen LogP contribution in [0.4, 0.5) is 49.7 Å². The Balaban J connectivity index is 1.62. The van der Waals surface area contributed by atoms with Gasteiger partial charge in [0.15, 0.2) is 21.3 Å². The minimum Gasteiger partial charge on any atom is -0.481 e. The average molecular weight is 1270 g/mol. The van der Waals surface area contributed by atoms with Crippen molar-refractivity contribution in [3.05, 3.63) is 105 Å². The Morgan fingerprint density at radius 3 is 1.99 bits per heavy atom. The molecule has 4 atom stereocenters. The summed E-state index contributed by atoms with van der Waals surface area (Å²) in [7, 11) is -8.99. The summed E-state index contributed by atoms with van der Waals surface area (Å²) in [6.07, 6.45) is -12.5. The van der Waals surface area contributed by atoms with Crippen LogP contribution in [0.15, 0.2) is 54.6 Å². The number of sulfonamides is 1. The van der Waals surface area contributed by atoms with Gasteiger partial charge in [0.2, 0.25) is 21.8 Å². The lowest BCUT2D eigenvalue weighted by Crippen LogP contribution is -2.46. The van der Waals surface area contributed by atoms with Crippen molar-refractivity contribution in [1.29, 1.82) is 0 Å². The molecule has 0 bridgehead atoms. The summed E-state index contributed by atoms with van der Waals surface area (Å²) >= 11 is 6.66. The normalized spacial score (nSPS) is 16.3. The quantitative estimate of drug-likeness (QED) is 0.0362. The largest absolute Gasteiger partial charge is 0.481 e. The number of halogens is 11. The summed E-state index contributed by atoms with van der Waals surface area (Å²) in [6.45, 7) is 0.265. The fourth-order valence-electron chi connectivity index (χ4n) is 9.45. The van der Waals surface area contributed by atoms with E-state index in [2.05, 4.69) is 20.5 Å². The molecule has 1 aliphatic carbocycles. The third-order valence-electron chi connectivity index (χ3n) is 14.1. The molecule has 0 saturated carbocycles. The fraction of sp³-hybridized carbons (Fsp3) is 0.431. The molecule has 21 nitrogen and oxygen atoms in total. The Morgan fingerprint density at radius 2 is 1.45 bits per heavy atom. The van der Waals surface area contributed by atoms with Crippen LogP contribution in [0.25, 0.3) is 22.0 Å². The number of amides is 3. The van der Waals surface area contributed by atoms with Crippen molar-refractivity contribution in [1.82, 2.24) is 34.8 Å². The van der Waals surface area contributed by atoms with Crippen LogP contribution in [0, 0.1) is 17.6 Å². The van der Waals surface area contributed by atoms with E-state index in [4.69, 9.17) is 11.6 Å². The molecule has 34 heteroatoms. The molecule has 4 N–H and O–H groups in total. The highest BCUT2D eigenvalue weighted by atomic mass is 35.5. The number of alkyl halides is 8. The molecule has 0 spiro atoms. The third kappa shape index (κ3) is 14.9. The lowest BCUT2D eigenvalue weighted by Gasteiger charge is -2.26. The van der Waals surface area contributed by atoms with Gasteiger partial charge in [-0.15, -0.1) is 0 Å². The van der Waals surface area contributed by atoms with E-state index in [-0.39, 0.29) is 54.8 Å². The number of carboxylic acids is 3. The van der Waals surface area contributed by atoms with Crippen molar-refractivity contribution >= 4 is 83.8 Å². The van der Waals surface area contributed by atoms with E-state index >= 15 is 8.78 Å². The van der Waals surface area contributed by atoms with Crippen LogP contribution in [0.1, 0.15) is 92.8 Å². The summed E-state index contributed by atoms with van der Waals surface area (Å²) in [5, 5.41) is 36.5. The highest BCUT2D eigenvalue weighted by Crippen LogP contribution is 2.55. The average Bonchev–Trinajstić information content (AvgIpc) is 1.80. The van der Waals surface area contributed by atoms with Gasteiger partial charge in [-0.1, -0.05) is 37.6 Å². The standard InChI is InChI=1S/C51H51ClF10N8O13S2/c1-24-25(2)50(58,59)45-40(24)44(51(60,61)62)65-68(45)22-35(71)64-33(19-26-17-27(53)20-28(54)18-26)42-30(8-7-29(63-42)13-15-48(3,4)84(5,80)81)31-9-10-32(52)41-43(31)69(23-49(55,56)57)66-46(41)70(85(6,82)83)37(73)12-11-36(72)67(16-14-38(74)75)34(47(78)79)21-39(76)77/h7-12,17-18,20,24-25,33-34H,13-16,19,21-23H2,1-6H3,(H,64,71)(H,74,75)(H,76,77)(H,78,79)/b12-11+/t24-,25+,33-,34-/m0/s1. The number of nitrogens with one attached hydrogen (secondary N) is 1. The first-order chi connectivity index (χ1) is 38.9. The second kappa shape index (κ2) is 24.4. The van der Waals surface area contributed by atoms with Crippen molar-refractivity contribution in [2.45, 2.75) is 114 Å². The molecule has 5 aromatic rings. The van der Waals surface area contributed by atoms with Gasteiger partial charge in [0.05, 0.1) is 51.5 Å². The first kappa shape index (κ1) is 66.5. The Morgan fingerprint density at radius 1 is 0.847 bits per heavy atom. The van der Waals surface area contributed by atoms with Gasteiger partial charge in [0, 0.05) is 59.3 Å². The van der Waals surface area contributed by atoms with E-state index in [9.17, 15) is 96.0 Å². The number of pyridine rings is 1. The lowest BCUT2D eigenvalue weighted by molar-refractivity contribution is -0.154. The number of nitrogens with zero attached hydrogens (tertiary/aromatic N) is 7. The van der Waals surface area contributed by atoms with Gasteiger partial charge in [-0.3, -0.25) is 38.3 Å². The van der Waals surface area contributed by atoms with Crippen LogP contribution in [0.5, 0.6) is 0 Å². The Labute approximate surface area is 481 Å². The molecule has 6 rings (SSSR count). The number of benzene rings is 2. The molecule has 0 radical (unpaired) electrons. The van der Waals surface area contributed by atoms with Crippen LogP contribution in [0.2, 0.25) is 5.02 Å². The highest BCUT2D eigenvalue weighted by molar-refractivity contribution is 7.93. The molecule has 1 aliphatic rings. The third-order valence-corrected chi connectivity index (χ3v) is 17.6. The maximum absolute atomic E-state index is 15.9. The number of fused-ring (bicyclic) bond motifs is 2. The molecule has 0 saturated heterocycles. The van der Waals surface area contributed by atoms with E-state index in [0.29, 0.717) is 12.3 Å². The van der Waals surface area contributed by atoms with Crippen LogP contribution < -0.4 is 9.62 Å². The van der Waals surface area contributed by atoms with Crippen LogP contribution >= 0.6 is 11.6 Å². The number of sulfone groups is 1. The van der Waals surface area contributed by atoms with Crippen LogP contribution in [-0.2, 0) is 86.7 Å². The SMILES string of the molecule is C[C@@H]1c2c(C(F)(F)F)nn(CC(=O)N[C@@H](Cc3cc(F)cc(F)c3)c3nc(CCC(C)(C)S(C)(=O)=O)ccc3-c3ccc(Cl)c4c(N(C(=O)/C=C/C(=O)N(CCC(=O)O)[C@@H](CC(=O)O)C(=O)O)S(C)(=O)=O)nn(CC(F)(F)F)c34)c2C(F)(F)[C@@H]1C. The van der Waals surface area contributed by atoms with Crippen molar-refractivity contribution in [2.75, 3.05) is 23.4 Å². The summed E-state index contributed by atoms with van der Waals surface area (Å²) < 4.78 is 201. The van der Waals surface area contributed by atoms with Gasteiger partial charge < -0.3 is 25.5 Å². The molecular formula is C51H51ClF10N8O13S2. The molecule has 2 aromatic carbocycles. The van der Waals surface area contributed by atoms with Gasteiger partial charge in [-0.05, 0) is 68.9 Å². The maximum Gasteiger partial charge on any atom is 0.435 e. The predicted octanol–water partition coefficient (Wildman–Crippen LogP) is 7.59. The van der Waals surface area contributed by atoms with Crippen molar-refractivity contribution < 1.29 is 105 Å². The number of aliphatic carboxylic acids is 3. The van der Waals surface area contributed by atoms with E-state index in [1.54, 1.807) is 0 Å². The number of carbonyl (C=O) groups is 6. The number of anilines is 1. The second-order valence-electron chi connectivity index (χ2n) is 20.6. The first-order valence-corrected chi connectivity index (χ1v) is 29.0. The van der Waals surface area contributed by atoms with Crippen molar-refractivity contribution in [3.63, 3.8) is 0 Å². The number of hydrogen-bond donors (Lipinski definition) is 4. The molecule has 0 fully saturated rings. The summed E-state index contributed by atoms with van der Waals surface area (Å²) in [5.41, 5.74) is -6.42. The zero-order valence-electron chi connectivity index (χ0n) is 45.2. The van der Waals surface area contributed by atoms with E-state index in [1.165, 1.54) is 19.9 Å². The number of aryl methyl sites for hydroxylation is 1.